The number of carbonyl (C=O) groups is 2. The quantitative estimate of drug-likeness (QED) is 0.354. The minimum absolute atomic E-state index is 0.0212. The van der Waals surface area contributed by atoms with E-state index in [4.69, 9.17) is 14.2 Å². The van der Waals surface area contributed by atoms with E-state index in [0.29, 0.717) is 49.7 Å². The molecule has 1 aliphatic heterocycles. The van der Waals surface area contributed by atoms with Crippen molar-refractivity contribution in [1.82, 2.24) is 0 Å². The molecule has 2 fully saturated rings. The van der Waals surface area contributed by atoms with Crippen LogP contribution in [0.25, 0.3) is 0 Å². The van der Waals surface area contributed by atoms with Crippen molar-refractivity contribution in [2.45, 2.75) is 46.1 Å². The Morgan fingerprint density at radius 1 is 1.25 bits per heavy atom. The molecular weight excluding hydrogens is 416 g/mol. The normalized spacial score (nSPS) is 23.6. The summed E-state index contributed by atoms with van der Waals surface area (Å²) >= 11 is 0. The number of nitrogens with zero attached hydrogens (tertiary/aromatic N) is 2. The van der Waals surface area contributed by atoms with Gasteiger partial charge in [-0.2, -0.15) is 0 Å². The van der Waals surface area contributed by atoms with Crippen LogP contribution in [-0.2, 0) is 19.0 Å². The molecule has 1 aromatic carbocycles. The Morgan fingerprint density at radius 2 is 1.97 bits per heavy atom. The number of hydrogen-bond donors (Lipinski definition) is 0. The van der Waals surface area contributed by atoms with Gasteiger partial charge in [-0.05, 0) is 42.7 Å². The topological polar surface area (TPSA) is 108 Å². The molecule has 2 aliphatic rings. The van der Waals surface area contributed by atoms with Gasteiger partial charge in [-0.15, -0.1) is 0 Å². The van der Waals surface area contributed by atoms with Crippen LogP contribution in [0, 0.1) is 27.9 Å². The molecule has 176 valence electrons. The summed E-state index contributed by atoms with van der Waals surface area (Å²) < 4.78 is 16.0. The fourth-order valence-corrected chi connectivity index (χ4v) is 4.53. The second kappa shape index (κ2) is 10.8. The van der Waals surface area contributed by atoms with Gasteiger partial charge in [0.05, 0.1) is 23.7 Å². The molecule has 1 aliphatic carbocycles. The van der Waals surface area contributed by atoms with Crippen LogP contribution < -0.4 is 4.90 Å². The largest absolute Gasteiger partial charge is 0.460 e. The molecular formula is C23H32N2O7. The van der Waals surface area contributed by atoms with Crippen LogP contribution in [0.2, 0.25) is 0 Å². The minimum Gasteiger partial charge on any atom is -0.460 e. The molecule has 0 N–H and O–H groups in total. The molecule has 0 radical (unpaired) electrons. The molecule has 1 heterocycles. The van der Waals surface area contributed by atoms with Gasteiger partial charge in [-0.3, -0.25) is 10.1 Å². The second-order valence-corrected chi connectivity index (χ2v) is 8.99. The molecule has 3 atom stereocenters. The number of carbonyl (C=O) groups excluding carboxylic acids is 2. The Bertz CT molecular complexity index is 836. The van der Waals surface area contributed by atoms with Gasteiger partial charge < -0.3 is 19.1 Å². The van der Waals surface area contributed by atoms with Gasteiger partial charge in [-0.1, -0.05) is 27.2 Å². The summed E-state index contributed by atoms with van der Waals surface area (Å²) in [6, 6.07) is 4.20. The maximum absolute atomic E-state index is 12.4. The zero-order chi connectivity index (χ0) is 23.3. The van der Waals surface area contributed by atoms with Crippen molar-refractivity contribution in [3.05, 3.63) is 33.9 Å². The Labute approximate surface area is 188 Å². The standard InChI is InChI=1S/C23H32N2O7/c1-15(2)18-6-4-16(3)12-21(18)32-22(26)14-31-23(27)17-5-7-19(20(13-17)25(28)29)24-8-10-30-11-9-24/h5,7,13,15-16,18,21H,4,6,8-12,14H2,1-3H3. The molecule has 9 heteroatoms. The van der Waals surface area contributed by atoms with E-state index in [2.05, 4.69) is 20.8 Å². The van der Waals surface area contributed by atoms with Gasteiger partial charge in [0.1, 0.15) is 11.8 Å². The first-order valence-electron chi connectivity index (χ1n) is 11.2. The zero-order valence-electron chi connectivity index (χ0n) is 19.0. The molecule has 32 heavy (non-hydrogen) atoms. The summed E-state index contributed by atoms with van der Waals surface area (Å²) in [7, 11) is 0. The summed E-state index contributed by atoms with van der Waals surface area (Å²) in [4.78, 5) is 37.7. The lowest BCUT2D eigenvalue weighted by Crippen LogP contribution is -2.37. The molecule has 1 aromatic rings. The summed E-state index contributed by atoms with van der Waals surface area (Å²) in [6.45, 7) is 7.91. The lowest BCUT2D eigenvalue weighted by molar-refractivity contribution is -0.384. The summed E-state index contributed by atoms with van der Waals surface area (Å²) in [5.74, 6) is -0.218. The Morgan fingerprint density at radius 3 is 2.62 bits per heavy atom. The molecule has 1 saturated carbocycles. The monoisotopic (exact) mass is 448 g/mol. The number of benzene rings is 1. The predicted molar refractivity (Wildman–Crippen MR) is 118 cm³/mol. The number of esters is 2. The number of nitro groups is 1. The van der Waals surface area contributed by atoms with Crippen LogP contribution in [0.4, 0.5) is 11.4 Å². The highest BCUT2D eigenvalue weighted by Crippen LogP contribution is 2.35. The smallest absolute Gasteiger partial charge is 0.344 e. The highest BCUT2D eigenvalue weighted by molar-refractivity contribution is 5.92. The lowest BCUT2D eigenvalue weighted by atomic mass is 9.75. The van der Waals surface area contributed by atoms with Gasteiger partial charge in [-0.25, -0.2) is 9.59 Å². The Hall–Kier alpha value is -2.68. The minimum atomic E-state index is -0.795. The third-order valence-electron chi connectivity index (χ3n) is 6.32. The van der Waals surface area contributed by atoms with Gasteiger partial charge in [0, 0.05) is 19.2 Å². The van der Waals surface area contributed by atoms with Crippen LogP contribution >= 0.6 is 0 Å². The van der Waals surface area contributed by atoms with E-state index in [1.165, 1.54) is 18.2 Å². The fraction of sp³-hybridized carbons (Fsp3) is 0.652. The summed E-state index contributed by atoms with van der Waals surface area (Å²) in [5.41, 5.74) is 0.271. The summed E-state index contributed by atoms with van der Waals surface area (Å²) in [5, 5.41) is 11.6. The van der Waals surface area contributed by atoms with E-state index in [1.54, 1.807) is 0 Å². The number of morpholine rings is 1. The maximum Gasteiger partial charge on any atom is 0.344 e. The van der Waals surface area contributed by atoms with Crippen molar-refractivity contribution in [2.24, 2.45) is 17.8 Å². The first kappa shape index (κ1) is 24.0. The lowest BCUT2D eigenvalue weighted by Gasteiger charge is -2.36. The van der Waals surface area contributed by atoms with Gasteiger partial charge in [0.2, 0.25) is 0 Å². The fourth-order valence-electron chi connectivity index (χ4n) is 4.53. The van der Waals surface area contributed by atoms with E-state index in [0.717, 1.165) is 19.3 Å². The van der Waals surface area contributed by atoms with Crippen LogP contribution in [-0.4, -0.2) is 55.9 Å². The third-order valence-corrected chi connectivity index (χ3v) is 6.32. The molecule has 1 saturated heterocycles. The Balaban J connectivity index is 1.61. The highest BCUT2D eigenvalue weighted by atomic mass is 16.6. The first-order chi connectivity index (χ1) is 15.3. The first-order valence-corrected chi connectivity index (χ1v) is 11.2. The van der Waals surface area contributed by atoms with Gasteiger partial charge in [0.25, 0.3) is 5.69 Å². The van der Waals surface area contributed by atoms with Crippen molar-refractivity contribution in [1.29, 1.82) is 0 Å². The van der Waals surface area contributed by atoms with Crippen molar-refractivity contribution in [3.8, 4) is 0 Å². The van der Waals surface area contributed by atoms with Crippen LogP contribution in [0.5, 0.6) is 0 Å². The van der Waals surface area contributed by atoms with Gasteiger partial charge >= 0.3 is 11.9 Å². The van der Waals surface area contributed by atoms with E-state index >= 15 is 0 Å². The summed E-state index contributed by atoms with van der Waals surface area (Å²) in [6.07, 6.45) is 2.75. The van der Waals surface area contributed by atoms with Gasteiger partial charge in [0.15, 0.2) is 6.61 Å². The average molecular weight is 449 g/mol. The van der Waals surface area contributed by atoms with Crippen LogP contribution in [0.15, 0.2) is 18.2 Å². The Kier molecular flexibility index (Phi) is 8.06. The van der Waals surface area contributed by atoms with Crippen LogP contribution in [0.3, 0.4) is 0 Å². The van der Waals surface area contributed by atoms with Crippen molar-refractivity contribution >= 4 is 23.3 Å². The number of nitro benzene ring substituents is 1. The molecule has 3 rings (SSSR count). The number of ether oxygens (including phenoxy) is 3. The third kappa shape index (κ3) is 5.97. The maximum atomic E-state index is 12.4. The van der Waals surface area contributed by atoms with E-state index in [1.807, 2.05) is 4.90 Å². The average Bonchev–Trinajstić information content (AvgIpc) is 2.77. The number of rotatable bonds is 7. The molecule has 0 aromatic heterocycles. The molecule has 3 unspecified atom stereocenters. The number of anilines is 1. The molecule has 0 spiro atoms. The van der Waals surface area contributed by atoms with E-state index in [-0.39, 0.29) is 17.4 Å². The van der Waals surface area contributed by atoms with E-state index < -0.39 is 23.5 Å². The number of hydrogen-bond acceptors (Lipinski definition) is 8. The zero-order valence-corrected chi connectivity index (χ0v) is 19.0. The van der Waals surface area contributed by atoms with E-state index in [9.17, 15) is 19.7 Å². The molecule has 0 bridgehead atoms. The van der Waals surface area contributed by atoms with Crippen molar-refractivity contribution in [2.75, 3.05) is 37.8 Å². The van der Waals surface area contributed by atoms with Crippen LogP contribution in [0.1, 0.15) is 50.4 Å². The molecule has 9 nitrogen and oxygen atoms in total. The highest BCUT2D eigenvalue weighted by Gasteiger charge is 2.33. The predicted octanol–water partition coefficient (Wildman–Crippen LogP) is 3.59. The van der Waals surface area contributed by atoms with Crippen molar-refractivity contribution in [3.63, 3.8) is 0 Å². The second-order valence-electron chi connectivity index (χ2n) is 8.99. The van der Waals surface area contributed by atoms with Crippen molar-refractivity contribution < 1.29 is 28.7 Å². The SMILES string of the molecule is CC1CCC(C(C)C)C(OC(=O)COC(=O)c2ccc(N3CCOCC3)c([N+](=O)[O-])c2)C1. The molecule has 0 amide bonds.